The third kappa shape index (κ3) is 13.9. The van der Waals surface area contributed by atoms with Gasteiger partial charge in [-0.3, -0.25) is 0 Å². The second-order valence-electron chi connectivity index (χ2n) is 5.74. The predicted molar refractivity (Wildman–Crippen MR) is 108 cm³/mol. The van der Waals surface area contributed by atoms with Gasteiger partial charge >= 0.3 is 26.4 Å². The molecule has 0 heterocycles. The molecular weight excluding hydrogens is 410 g/mol. The molecule has 0 aromatic carbocycles. The average molecular weight is 450 g/mol. The van der Waals surface area contributed by atoms with Crippen molar-refractivity contribution in [3.05, 3.63) is 0 Å². The highest BCUT2D eigenvalue weighted by Gasteiger charge is 2.51. The van der Waals surface area contributed by atoms with E-state index < -0.39 is 26.4 Å². The molecule has 0 unspecified atom stereocenters. The molecule has 0 saturated heterocycles. The second-order valence-corrected chi connectivity index (χ2v) is 14.0. The summed E-state index contributed by atoms with van der Waals surface area (Å²) in [6.07, 6.45) is 2.00. The normalized spacial score (nSPS) is 12.7. The summed E-state index contributed by atoms with van der Waals surface area (Å²) in [5.41, 5.74) is 16.1. The van der Waals surface area contributed by atoms with E-state index in [0.717, 1.165) is 12.8 Å². The SMILES string of the molecule is CO[Si](CCCN)(OC)O[Si](CCCN)(OC)OC.NCCC[Si](O)(O)O. The zero-order valence-electron chi connectivity index (χ0n) is 17.0. The fraction of sp³-hybridized carbons (Fsp3) is 1.00. The lowest BCUT2D eigenvalue weighted by Gasteiger charge is -2.35. The molecule has 0 aliphatic heterocycles. The van der Waals surface area contributed by atoms with Gasteiger partial charge in [0.1, 0.15) is 0 Å². The Bertz CT molecular complexity index is 323. The Hall–Kier alpha value is 0.211. The maximum absolute atomic E-state index is 8.34. The Morgan fingerprint density at radius 1 is 0.593 bits per heavy atom. The zero-order valence-corrected chi connectivity index (χ0v) is 20.0. The molecule has 0 fully saturated rings. The van der Waals surface area contributed by atoms with Gasteiger partial charge < -0.3 is 53.4 Å². The molecule has 0 spiro atoms. The van der Waals surface area contributed by atoms with Crippen molar-refractivity contribution in [2.75, 3.05) is 48.1 Å². The molecule has 0 aromatic rings. The van der Waals surface area contributed by atoms with Crippen LogP contribution in [-0.4, -0.2) is 88.9 Å². The maximum atomic E-state index is 8.34. The van der Waals surface area contributed by atoms with Crippen LogP contribution in [0, 0.1) is 0 Å². The van der Waals surface area contributed by atoms with Gasteiger partial charge in [0.05, 0.1) is 0 Å². The summed E-state index contributed by atoms with van der Waals surface area (Å²) >= 11 is 0. The lowest BCUT2D eigenvalue weighted by atomic mass is 10.5. The van der Waals surface area contributed by atoms with Gasteiger partial charge in [-0.1, -0.05) is 0 Å². The van der Waals surface area contributed by atoms with Gasteiger partial charge in [-0.25, -0.2) is 0 Å². The molecule has 0 aliphatic carbocycles. The van der Waals surface area contributed by atoms with Crippen LogP contribution in [-0.2, 0) is 21.8 Å². The minimum atomic E-state index is -3.76. The van der Waals surface area contributed by atoms with Crippen molar-refractivity contribution >= 4 is 26.4 Å². The molecule has 0 radical (unpaired) electrons. The van der Waals surface area contributed by atoms with Gasteiger partial charge in [0.15, 0.2) is 0 Å². The minimum absolute atomic E-state index is 0.0451. The lowest BCUT2D eigenvalue weighted by Crippen LogP contribution is -2.57. The molecule has 0 rings (SSSR count). The van der Waals surface area contributed by atoms with Crippen molar-refractivity contribution in [3.8, 4) is 0 Å². The summed E-state index contributed by atoms with van der Waals surface area (Å²) in [6.45, 7) is 1.50. The van der Waals surface area contributed by atoms with Crippen molar-refractivity contribution in [1.29, 1.82) is 0 Å². The molecule has 27 heavy (non-hydrogen) atoms. The van der Waals surface area contributed by atoms with Crippen LogP contribution in [0.15, 0.2) is 0 Å². The van der Waals surface area contributed by atoms with Crippen molar-refractivity contribution in [3.63, 3.8) is 0 Å². The monoisotopic (exact) mass is 449 g/mol. The largest absolute Gasteiger partial charge is 0.493 e. The highest BCUT2D eigenvalue weighted by Crippen LogP contribution is 2.25. The van der Waals surface area contributed by atoms with Crippen LogP contribution in [0.1, 0.15) is 19.3 Å². The van der Waals surface area contributed by atoms with Gasteiger partial charge in [0.2, 0.25) is 0 Å². The summed E-state index contributed by atoms with van der Waals surface area (Å²) < 4.78 is 28.1. The number of hydrogen-bond acceptors (Lipinski definition) is 11. The number of hydrogen-bond donors (Lipinski definition) is 6. The fourth-order valence-electron chi connectivity index (χ4n) is 2.06. The van der Waals surface area contributed by atoms with Crippen molar-refractivity contribution in [1.82, 2.24) is 0 Å². The fourth-order valence-corrected chi connectivity index (χ4v) is 9.20. The summed E-state index contributed by atoms with van der Waals surface area (Å²) in [5, 5.41) is 0. The summed E-state index contributed by atoms with van der Waals surface area (Å²) in [5.74, 6) is 0. The van der Waals surface area contributed by atoms with Gasteiger partial charge in [-0.15, -0.1) is 0 Å². The Morgan fingerprint density at radius 3 is 1.07 bits per heavy atom. The second kappa shape index (κ2) is 16.1. The Labute approximate surface area is 165 Å². The molecule has 166 valence electrons. The van der Waals surface area contributed by atoms with Gasteiger partial charge in [0.25, 0.3) is 0 Å². The Balaban J connectivity index is 0. The molecule has 0 aromatic heterocycles. The van der Waals surface area contributed by atoms with E-state index in [1.807, 2.05) is 0 Å². The maximum Gasteiger partial charge on any atom is 0.493 e. The first kappa shape index (κ1) is 29.4. The topological polar surface area (TPSA) is 185 Å². The van der Waals surface area contributed by atoms with E-state index in [2.05, 4.69) is 0 Å². The molecule has 9 N–H and O–H groups in total. The van der Waals surface area contributed by atoms with Crippen LogP contribution in [0.5, 0.6) is 0 Å². The van der Waals surface area contributed by atoms with Crippen LogP contribution in [0.25, 0.3) is 0 Å². The summed E-state index contributed by atoms with van der Waals surface area (Å²) in [4.78, 5) is 25.0. The average Bonchev–Trinajstić information content (AvgIpc) is 2.66. The van der Waals surface area contributed by atoms with Crippen LogP contribution in [0.2, 0.25) is 18.1 Å². The van der Waals surface area contributed by atoms with Crippen LogP contribution in [0.4, 0.5) is 0 Å². The molecule has 0 saturated carbocycles. The van der Waals surface area contributed by atoms with E-state index in [-0.39, 0.29) is 6.04 Å². The molecular formula is C13H39N3O8Si3. The van der Waals surface area contributed by atoms with Crippen LogP contribution < -0.4 is 17.2 Å². The number of nitrogens with two attached hydrogens (primary N) is 3. The molecule has 11 nitrogen and oxygen atoms in total. The van der Waals surface area contributed by atoms with E-state index in [4.69, 9.17) is 53.4 Å². The standard InChI is InChI=1S/C10H28N2O5Si2.C3H11NO3Si/c1-13-18(14-2,9-5-7-11)17-19(15-3,16-4)10-6-8-12;4-2-1-3-8(5,6)7/h5-12H2,1-4H3;5-7H,1-4H2. The van der Waals surface area contributed by atoms with E-state index in [1.54, 1.807) is 28.4 Å². The molecule has 14 heteroatoms. The molecule has 0 aliphatic rings. The Morgan fingerprint density at radius 2 is 0.889 bits per heavy atom. The number of rotatable bonds is 15. The quantitative estimate of drug-likeness (QED) is 0.158. The minimum Gasteiger partial charge on any atom is -0.390 e. The van der Waals surface area contributed by atoms with Crippen molar-refractivity contribution < 1.29 is 36.2 Å². The highest BCUT2D eigenvalue weighted by atomic mass is 28.5. The first-order valence-corrected chi connectivity index (χ1v) is 14.7. The molecule has 0 atom stereocenters. The smallest absolute Gasteiger partial charge is 0.390 e. The van der Waals surface area contributed by atoms with Gasteiger partial charge in [-0.05, 0) is 38.9 Å². The highest BCUT2D eigenvalue weighted by molar-refractivity contribution is 6.75. The van der Waals surface area contributed by atoms with E-state index in [0.29, 0.717) is 38.1 Å². The van der Waals surface area contributed by atoms with Crippen LogP contribution in [0.3, 0.4) is 0 Å². The summed E-state index contributed by atoms with van der Waals surface area (Å²) in [7, 11) is -3.03. The van der Waals surface area contributed by atoms with E-state index in [9.17, 15) is 0 Å². The zero-order chi connectivity index (χ0) is 21.4. The van der Waals surface area contributed by atoms with Crippen molar-refractivity contribution in [2.24, 2.45) is 17.2 Å². The van der Waals surface area contributed by atoms with Gasteiger partial charge in [0, 0.05) is 46.6 Å². The van der Waals surface area contributed by atoms with Crippen LogP contribution >= 0.6 is 0 Å². The first-order valence-electron chi connectivity index (χ1n) is 8.81. The molecule has 0 bridgehead atoms. The van der Waals surface area contributed by atoms with Crippen molar-refractivity contribution in [2.45, 2.75) is 37.4 Å². The third-order valence-corrected chi connectivity index (χ3v) is 11.6. The van der Waals surface area contributed by atoms with E-state index in [1.165, 1.54) is 0 Å². The lowest BCUT2D eigenvalue weighted by molar-refractivity contribution is 0.0861. The van der Waals surface area contributed by atoms with Gasteiger partial charge in [-0.2, -0.15) is 0 Å². The summed E-state index contributed by atoms with van der Waals surface area (Å²) in [6, 6.07) is 1.32. The first-order chi connectivity index (χ1) is 12.6. The third-order valence-electron chi connectivity index (χ3n) is 3.65. The molecule has 0 amide bonds. The van der Waals surface area contributed by atoms with E-state index >= 15 is 0 Å². The Kier molecular flexibility index (Phi) is 17.5. The predicted octanol–water partition coefficient (Wildman–Crippen LogP) is -1.58.